The molecule has 0 aromatic heterocycles. The second kappa shape index (κ2) is 6.17. The SMILES string of the molecule is CCC(C)c1ccc2cc(C(O)OC(C)(C)C)ccc2c1. The molecule has 0 radical (unpaired) electrons. The fourth-order valence-electron chi connectivity index (χ4n) is 2.38. The van der Waals surface area contributed by atoms with Gasteiger partial charge in [-0.05, 0) is 55.5 Å². The number of rotatable bonds is 4. The summed E-state index contributed by atoms with van der Waals surface area (Å²) in [7, 11) is 0. The monoisotopic (exact) mass is 286 g/mol. The third-order valence-electron chi connectivity index (χ3n) is 3.82. The normalized spacial score (nSPS) is 15.1. The van der Waals surface area contributed by atoms with Gasteiger partial charge in [-0.3, -0.25) is 0 Å². The standard InChI is InChI=1S/C19H26O2/c1-6-13(2)14-7-8-16-12-17(10-9-15(16)11-14)18(20)21-19(3,4)5/h7-13,18,20H,6H2,1-5H3. The average Bonchev–Trinajstić information content (AvgIpc) is 2.43. The fraction of sp³-hybridized carbons (Fsp3) is 0.474. The topological polar surface area (TPSA) is 29.5 Å². The van der Waals surface area contributed by atoms with E-state index < -0.39 is 6.29 Å². The van der Waals surface area contributed by atoms with Gasteiger partial charge in [-0.25, -0.2) is 0 Å². The molecule has 2 atom stereocenters. The van der Waals surface area contributed by atoms with Gasteiger partial charge in [-0.15, -0.1) is 0 Å². The number of hydrogen-bond acceptors (Lipinski definition) is 2. The quantitative estimate of drug-likeness (QED) is 0.787. The minimum atomic E-state index is -0.886. The molecule has 0 heterocycles. The van der Waals surface area contributed by atoms with Gasteiger partial charge in [0.2, 0.25) is 0 Å². The third-order valence-corrected chi connectivity index (χ3v) is 3.82. The van der Waals surface area contributed by atoms with E-state index in [0.29, 0.717) is 5.92 Å². The van der Waals surface area contributed by atoms with Crippen molar-refractivity contribution in [2.24, 2.45) is 0 Å². The van der Waals surface area contributed by atoms with Gasteiger partial charge in [-0.2, -0.15) is 0 Å². The zero-order valence-corrected chi connectivity index (χ0v) is 13.7. The van der Waals surface area contributed by atoms with Gasteiger partial charge in [0.1, 0.15) is 0 Å². The fourth-order valence-corrected chi connectivity index (χ4v) is 2.38. The first-order valence-corrected chi connectivity index (χ1v) is 7.69. The first-order valence-electron chi connectivity index (χ1n) is 7.69. The summed E-state index contributed by atoms with van der Waals surface area (Å²) in [5.74, 6) is 0.573. The molecule has 0 saturated heterocycles. The van der Waals surface area contributed by atoms with E-state index in [4.69, 9.17) is 4.74 Å². The molecule has 1 N–H and O–H groups in total. The molecule has 2 aromatic carbocycles. The van der Waals surface area contributed by atoms with E-state index in [1.807, 2.05) is 32.9 Å². The van der Waals surface area contributed by atoms with Crippen molar-refractivity contribution in [1.82, 2.24) is 0 Å². The second-order valence-electron chi connectivity index (χ2n) is 6.76. The van der Waals surface area contributed by atoms with Crippen molar-refractivity contribution >= 4 is 10.8 Å². The Morgan fingerprint density at radius 2 is 1.52 bits per heavy atom. The summed E-state index contributed by atoms with van der Waals surface area (Å²) in [6, 6.07) is 12.6. The molecule has 2 heteroatoms. The van der Waals surface area contributed by atoms with Crippen LogP contribution in [-0.4, -0.2) is 10.7 Å². The maximum Gasteiger partial charge on any atom is 0.181 e. The van der Waals surface area contributed by atoms with Gasteiger partial charge in [0.15, 0.2) is 6.29 Å². The van der Waals surface area contributed by atoms with Crippen LogP contribution in [0.5, 0.6) is 0 Å². The van der Waals surface area contributed by atoms with Gasteiger partial charge < -0.3 is 9.84 Å². The van der Waals surface area contributed by atoms with Gasteiger partial charge in [0, 0.05) is 5.56 Å². The molecule has 0 saturated carbocycles. The van der Waals surface area contributed by atoms with Crippen LogP contribution in [0.15, 0.2) is 36.4 Å². The Balaban J connectivity index is 2.30. The van der Waals surface area contributed by atoms with E-state index in [0.717, 1.165) is 17.4 Å². The highest BCUT2D eigenvalue weighted by Gasteiger charge is 2.18. The Hall–Kier alpha value is -1.38. The first kappa shape index (κ1) is 16.0. The van der Waals surface area contributed by atoms with Gasteiger partial charge in [0.25, 0.3) is 0 Å². The lowest BCUT2D eigenvalue weighted by molar-refractivity contribution is -0.169. The number of ether oxygens (including phenoxy) is 1. The van der Waals surface area contributed by atoms with Crippen molar-refractivity contribution in [3.63, 3.8) is 0 Å². The molecular weight excluding hydrogens is 260 g/mol. The van der Waals surface area contributed by atoms with E-state index in [1.165, 1.54) is 10.9 Å². The Labute approximate surface area is 127 Å². The van der Waals surface area contributed by atoms with E-state index in [-0.39, 0.29) is 5.60 Å². The molecule has 21 heavy (non-hydrogen) atoms. The van der Waals surface area contributed by atoms with E-state index in [1.54, 1.807) is 0 Å². The predicted octanol–water partition coefficient (Wildman–Crippen LogP) is 5.16. The second-order valence-corrected chi connectivity index (χ2v) is 6.76. The lowest BCUT2D eigenvalue weighted by atomic mass is 9.95. The van der Waals surface area contributed by atoms with Crippen LogP contribution in [0.3, 0.4) is 0 Å². The first-order chi connectivity index (χ1) is 9.80. The Morgan fingerprint density at radius 3 is 2.05 bits per heavy atom. The summed E-state index contributed by atoms with van der Waals surface area (Å²) in [6.45, 7) is 10.3. The Morgan fingerprint density at radius 1 is 1.00 bits per heavy atom. The van der Waals surface area contributed by atoms with Crippen LogP contribution in [0.25, 0.3) is 10.8 Å². The maximum atomic E-state index is 10.2. The number of hydrogen-bond donors (Lipinski definition) is 1. The summed E-state index contributed by atoms with van der Waals surface area (Å²) < 4.78 is 5.61. The highest BCUT2D eigenvalue weighted by Crippen LogP contribution is 2.27. The van der Waals surface area contributed by atoms with Crippen molar-refractivity contribution in [3.8, 4) is 0 Å². The summed E-state index contributed by atoms with van der Waals surface area (Å²) in [4.78, 5) is 0. The molecule has 0 bridgehead atoms. The minimum Gasteiger partial charge on any atom is -0.364 e. The number of fused-ring (bicyclic) bond motifs is 1. The molecule has 2 aromatic rings. The van der Waals surface area contributed by atoms with Gasteiger partial charge in [0.05, 0.1) is 5.60 Å². The summed E-state index contributed by atoms with van der Waals surface area (Å²) in [6.07, 6.45) is 0.255. The van der Waals surface area contributed by atoms with Crippen molar-refractivity contribution in [2.75, 3.05) is 0 Å². The van der Waals surface area contributed by atoms with Crippen molar-refractivity contribution in [3.05, 3.63) is 47.5 Å². The summed E-state index contributed by atoms with van der Waals surface area (Å²) in [5, 5.41) is 12.5. The number of aliphatic hydroxyl groups excluding tert-OH is 1. The van der Waals surface area contributed by atoms with Crippen LogP contribution in [-0.2, 0) is 4.74 Å². The molecule has 0 fully saturated rings. The van der Waals surface area contributed by atoms with Crippen LogP contribution in [0.4, 0.5) is 0 Å². The zero-order chi connectivity index (χ0) is 15.6. The van der Waals surface area contributed by atoms with Crippen LogP contribution >= 0.6 is 0 Å². The van der Waals surface area contributed by atoms with Crippen LogP contribution in [0, 0.1) is 0 Å². The van der Waals surface area contributed by atoms with E-state index in [2.05, 4.69) is 38.1 Å². The molecule has 0 aliphatic rings. The molecule has 2 nitrogen and oxygen atoms in total. The number of benzene rings is 2. The van der Waals surface area contributed by atoms with E-state index >= 15 is 0 Å². The smallest absolute Gasteiger partial charge is 0.181 e. The largest absolute Gasteiger partial charge is 0.364 e. The third kappa shape index (κ3) is 4.05. The number of aliphatic hydroxyl groups is 1. The van der Waals surface area contributed by atoms with Crippen LogP contribution in [0.2, 0.25) is 0 Å². The molecule has 2 unspecified atom stereocenters. The van der Waals surface area contributed by atoms with Crippen LogP contribution < -0.4 is 0 Å². The van der Waals surface area contributed by atoms with E-state index in [9.17, 15) is 5.11 Å². The highest BCUT2D eigenvalue weighted by molar-refractivity contribution is 5.84. The molecule has 114 valence electrons. The summed E-state index contributed by atoms with van der Waals surface area (Å²) >= 11 is 0. The Kier molecular flexibility index (Phi) is 4.70. The molecule has 0 amide bonds. The predicted molar refractivity (Wildman–Crippen MR) is 88.5 cm³/mol. The van der Waals surface area contributed by atoms with Crippen LogP contribution in [0.1, 0.15) is 64.4 Å². The molecular formula is C19H26O2. The molecule has 0 aliphatic heterocycles. The van der Waals surface area contributed by atoms with Crippen molar-refractivity contribution in [1.29, 1.82) is 0 Å². The molecule has 0 aliphatic carbocycles. The van der Waals surface area contributed by atoms with Crippen molar-refractivity contribution < 1.29 is 9.84 Å². The highest BCUT2D eigenvalue weighted by atomic mass is 16.6. The molecule has 2 rings (SSSR count). The van der Waals surface area contributed by atoms with Gasteiger partial charge >= 0.3 is 0 Å². The molecule has 0 spiro atoms. The average molecular weight is 286 g/mol. The van der Waals surface area contributed by atoms with Gasteiger partial charge in [-0.1, -0.05) is 44.2 Å². The van der Waals surface area contributed by atoms with Crippen molar-refractivity contribution in [2.45, 2.75) is 58.8 Å². The minimum absolute atomic E-state index is 0.366. The zero-order valence-electron chi connectivity index (χ0n) is 13.7. The Bertz CT molecular complexity index is 610. The maximum absolute atomic E-state index is 10.2. The summed E-state index contributed by atoms with van der Waals surface area (Å²) in [5.41, 5.74) is 1.80. The lowest BCUT2D eigenvalue weighted by Gasteiger charge is -2.24. The lowest BCUT2D eigenvalue weighted by Crippen LogP contribution is -2.22.